The van der Waals surface area contributed by atoms with Gasteiger partial charge in [-0.05, 0) is 18.4 Å². The number of hydrogen-bond acceptors (Lipinski definition) is 3. The maximum Gasteiger partial charge on any atom is 0.304 e. The van der Waals surface area contributed by atoms with Gasteiger partial charge in [-0.3, -0.25) is 4.79 Å². The number of carboxylic acid groups (broad SMARTS) is 1. The largest absolute Gasteiger partial charge is 0.481 e. The lowest BCUT2D eigenvalue weighted by atomic mass is 9.95. The topological polar surface area (TPSA) is 67.5 Å². The molecule has 1 saturated carbocycles. The van der Waals surface area contributed by atoms with E-state index in [9.17, 15) is 4.79 Å². The Morgan fingerprint density at radius 3 is 3.06 bits per heavy atom. The zero-order chi connectivity index (χ0) is 11.2. The summed E-state index contributed by atoms with van der Waals surface area (Å²) < 4.78 is 1.69. The minimum atomic E-state index is -0.752. The minimum Gasteiger partial charge on any atom is -0.481 e. The summed E-state index contributed by atoms with van der Waals surface area (Å²) in [6.07, 6.45) is 7.37. The van der Waals surface area contributed by atoms with Gasteiger partial charge < -0.3 is 5.11 Å². The smallest absolute Gasteiger partial charge is 0.304 e. The van der Waals surface area contributed by atoms with Crippen molar-refractivity contribution < 1.29 is 9.90 Å². The van der Waals surface area contributed by atoms with Crippen LogP contribution >= 0.6 is 0 Å². The number of aromatic nitrogens is 3. The Morgan fingerprint density at radius 1 is 1.56 bits per heavy atom. The first kappa shape index (κ1) is 9.33. The van der Waals surface area contributed by atoms with Gasteiger partial charge in [-0.2, -0.15) is 5.10 Å². The monoisotopic (exact) mass is 217 g/mol. The third-order valence-corrected chi connectivity index (χ3v) is 3.20. The highest BCUT2D eigenvalue weighted by Crippen LogP contribution is 2.50. The van der Waals surface area contributed by atoms with Crippen molar-refractivity contribution in [3.05, 3.63) is 30.2 Å². The molecule has 1 fully saturated rings. The Hall–Kier alpha value is -1.91. The van der Waals surface area contributed by atoms with E-state index >= 15 is 0 Å². The van der Waals surface area contributed by atoms with Crippen LogP contribution in [0.3, 0.4) is 0 Å². The second-order valence-corrected chi connectivity index (χ2v) is 4.33. The number of hydrogen-bond donors (Lipinski definition) is 1. The van der Waals surface area contributed by atoms with E-state index < -0.39 is 5.97 Å². The van der Waals surface area contributed by atoms with Crippen molar-refractivity contribution >= 4 is 11.6 Å². The maximum atomic E-state index is 10.8. The molecule has 2 heterocycles. The van der Waals surface area contributed by atoms with E-state index in [0.717, 1.165) is 24.1 Å². The molecule has 0 bridgehead atoms. The average molecular weight is 217 g/mol. The molecular formula is C11H11N3O2. The van der Waals surface area contributed by atoms with E-state index in [0.29, 0.717) is 0 Å². The summed E-state index contributed by atoms with van der Waals surface area (Å²) in [7, 11) is 0. The van der Waals surface area contributed by atoms with Crippen LogP contribution in [-0.4, -0.2) is 25.7 Å². The fraction of sp³-hybridized carbons (Fsp3) is 0.364. The van der Waals surface area contributed by atoms with Crippen molar-refractivity contribution in [2.24, 2.45) is 0 Å². The lowest BCUT2D eigenvalue weighted by Crippen LogP contribution is -2.14. The summed E-state index contributed by atoms with van der Waals surface area (Å²) >= 11 is 0. The molecule has 5 heteroatoms. The zero-order valence-electron chi connectivity index (χ0n) is 8.63. The van der Waals surface area contributed by atoms with Gasteiger partial charge >= 0.3 is 5.97 Å². The molecule has 0 unspecified atom stereocenters. The Kier molecular flexibility index (Phi) is 1.77. The van der Waals surface area contributed by atoms with Gasteiger partial charge in [-0.1, -0.05) is 0 Å². The van der Waals surface area contributed by atoms with Gasteiger partial charge in [0.2, 0.25) is 0 Å². The summed E-state index contributed by atoms with van der Waals surface area (Å²) in [6.45, 7) is 0. The predicted molar refractivity (Wildman–Crippen MR) is 56.2 cm³/mol. The Balaban J connectivity index is 2.02. The van der Waals surface area contributed by atoms with Gasteiger partial charge in [0.1, 0.15) is 0 Å². The second-order valence-electron chi connectivity index (χ2n) is 4.33. The summed E-state index contributed by atoms with van der Waals surface area (Å²) in [6, 6.07) is 1.82. The highest BCUT2D eigenvalue weighted by molar-refractivity contribution is 5.70. The molecule has 1 N–H and O–H groups in total. The third-order valence-electron chi connectivity index (χ3n) is 3.20. The van der Waals surface area contributed by atoms with E-state index in [4.69, 9.17) is 5.11 Å². The molecule has 2 aromatic heterocycles. The van der Waals surface area contributed by atoms with Crippen LogP contribution in [0.25, 0.3) is 5.65 Å². The molecular weight excluding hydrogens is 206 g/mol. The number of carboxylic acids is 1. The van der Waals surface area contributed by atoms with Crippen LogP contribution in [0.2, 0.25) is 0 Å². The molecule has 1 aliphatic carbocycles. The lowest BCUT2D eigenvalue weighted by Gasteiger charge is -2.12. The van der Waals surface area contributed by atoms with E-state index in [2.05, 4.69) is 10.1 Å². The van der Waals surface area contributed by atoms with Crippen molar-refractivity contribution in [1.29, 1.82) is 0 Å². The van der Waals surface area contributed by atoms with Crippen molar-refractivity contribution in [2.45, 2.75) is 24.7 Å². The van der Waals surface area contributed by atoms with E-state index in [1.54, 1.807) is 16.9 Å². The average Bonchev–Trinajstić information content (AvgIpc) is 2.87. The van der Waals surface area contributed by atoms with Crippen molar-refractivity contribution in [2.75, 3.05) is 0 Å². The van der Waals surface area contributed by atoms with Gasteiger partial charge in [-0.15, -0.1) is 0 Å². The van der Waals surface area contributed by atoms with Crippen LogP contribution < -0.4 is 0 Å². The van der Waals surface area contributed by atoms with Crippen LogP contribution in [0.15, 0.2) is 24.7 Å². The standard InChI is InChI=1S/C11H11N3O2/c15-10(16)5-11(2-3-11)8-6-12-9-1-4-13-14(9)7-8/h1,4,6-7H,2-3,5H2,(H,15,16). The van der Waals surface area contributed by atoms with Gasteiger partial charge in [0, 0.05) is 23.9 Å². The fourth-order valence-corrected chi connectivity index (χ4v) is 2.09. The van der Waals surface area contributed by atoms with Crippen molar-refractivity contribution in [3.8, 4) is 0 Å². The van der Waals surface area contributed by atoms with Gasteiger partial charge in [-0.25, -0.2) is 9.50 Å². The molecule has 0 atom stereocenters. The van der Waals surface area contributed by atoms with Crippen LogP contribution in [0.5, 0.6) is 0 Å². The molecule has 82 valence electrons. The molecule has 1 aliphatic rings. The third kappa shape index (κ3) is 1.36. The fourth-order valence-electron chi connectivity index (χ4n) is 2.09. The van der Waals surface area contributed by atoms with Crippen molar-refractivity contribution in [1.82, 2.24) is 14.6 Å². The number of carbonyl (C=O) groups is 1. The highest BCUT2D eigenvalue weighted by Gasteiger charge is 2.46. The normalized spacial score (nSPS) is 17.5. The number of nitrogens with zero attached hydrogens (tertiary/aromatic N) is 3. The summed E-state index contributed by atoms with van der Waals surface area (Å²) in [4.78, 5) is 15.1. The molecule has 2 aromatic rings. The molecule has 0 aromatic carbocycles. The lowest BCUT2D eigenvalue weighted by molar-refractivity contribution is -0.137. The molecule has 16 heavy (non-hydrogen) atoms. The molecule has 0 amide bonds. The first-order valence-electron chi connectivity index (χ1n) is 5.21. The van der Waals surface area contributed by atoms with E-state index in [1.165, 1.54) is 0 Å². The molecule has 0 saturated heterocycles. The zero-order valence-corrected chi connectivity index (χ0v) is 8.63. The molecule has 3 rings (SSSR count). The molecule has 0 aliphatic heterocycles. The molecule has 0 spiro atoms. The summed E-state index contributed by atoms with van der Waals surface area (Å²) in [5.74, 6) is -0.752. The summed E-state index contributed by atoms with van der Waals surface area (Å²) in [5, 5.41) is 13.0. The maximum absolute atomic E-state index is 10.8. The highest BCUT2D eigenvalue weighted by atomic mass is 16.4. The van der Waals surface area contributed by atoms with E-state index in [1.807, 2.05) is 12.3 Å². The second kappa shape index (κ2) is 3.04. The predicted octanol–water partition coefficient (Wildman–Crippen LogP) is 1.24. The number of rotatable bonds is 3. The van der Waals surface area contributed by atoms with Gasteiger partial charge in [0.25, 0.3) is 0 Å². The van der Waals surface area contributed by atoms with Gasteiger partial charge in [0.05, 0.1) is 12.6 Å². The minimum absolute atomic E-state index is 0.182. The van der Waals surface area contributed by atoms with Crippen LogP contribution in [0.1, 0.15) is 24.8 Å². The molecule has 0 radical (unpaired) electrons. The van der Waals surface area contributed by atoms with Crippen LogP contribution in [0.4, 0.5) is 0 Å². The first-order valence-corrected chi connectivity index (χ1v) is 5.21. The SMILES string of the molecule is O=C(O)CC1(c2cnc3ccnn3c2)CC1. The first-order chi connectivity index (χ1) is 7.70. The molecule has 5 nitrogen and oxygen atoms in total. The van der Waals surface area contributed by atoms with Crippen LogP contribution in [0, 0.1) is 0 Å². The number of aliphatic carboxylic acids is 1. The van der Waals surface area contributed by atoms with Crippen LogP contribution in [-0.2, 0) is 10.2 Å². The quantitative estimate of drug-likeness (QED) is 0.839. The summed E-state index contributed by atoms with van der Waals surface area (Å²) in [5.41, 5.74) is 1.57. The van der Waals surface area contributed by atoms with Gasteiger partial charge in [0.15, 0.2) is 5.65 Å². The Bertz CT molecular complexity index is 557. The Labute approximate surface area is 91.7 Å². The number of fused-ring (bicyclic) bond motifs is 1. The Morgan fingerprint density at radius 2 is 2.38 bits per heavy atom. The van der Waals surface area contributed by atoms with Crippen molar-refractivity contribution in [3.63, 3.8) is 0 Å². The van der Waals surface area contributed by atoms with E-state index in [-0.39, 0.29) is 11.8 Å².